The second-order valence-electron chi connectivity index (χ2n) is 11.0. The maximum Gasteiger partial charge on any atom is 0.195 e. The maximum absolute atomic E-state index is 14.0. The van der Waals surface area contributed by atoms with Crippen LogP contribution in [0.3, 0.4) is 0 Å². The lowest BCUT2D eigenvalue weighted by Gasteiger charge is -2.43. The Bertz CT molecular complexity index is 1480. The number of aromatic hydroxyl groups is 1. The SMILES string of the molecule is CC1(C)C=C[C@H]2C(=C3C(=O)c4ccc(O)cc4C4=C3C(=O)CC(C)(C)O4)C(=O)c3ccccc3[C@H]2O1. The lowest BCUT2D eigenvalue weighted by Crippen LogP contribution is -2.41. The first-order valence-electron chi connectivity index (χ1n) is 12.1. The molecule has 0 saturated heterocycles. The minimum absolute atomic E-state index is 0.0440. The van der Waals surface area contributed by atoms with Crippen molar-refractivity contribution in [3.8, 4) is 5.75 Å². The van der Waals surface area contributed by atoms with Gasteiger partial charge in [-0.2, -0.15) is 0 Å². The molecule has 2 aliphatic carbocycles. The fourth-order valence-corrected chi connectivity index (χ4v) is 5.74. The van der Waals surface area contributed by atoms with Crippen molar-refractivity contribution in [3.63, 3.8) is 0 Å². The largest absolute Gasteiger partial charge is 0.508 e. The van der Waals surface area contributed by atoms with Crippen molar-refractivity contribution in [2.45, 2.75) is 51.4 Å². The summed E-state index contributed by atoms with van der Waals surface area (Å²) in [6.07, 6.45) is 3.38. The van der Waals surface area contributed by atoms with Crippen LogP contribution in [0, 0.1) is 5.92 Å². The molecule has 182 valence electrons. The molecule has 0 radical (unpaired) electrons. The second kappa shape index (κ2) is 7.37. The summed E-state index contributed by atoms with van der Waals surface area (Å²) in [4.78, 5) is 41.7. The number of hydrogen-bond acceptors (Lipinski definition) is 6. The van der Waals surface area contributed by atoms with Gasteiger partial charge in [-0.15, -0.1) is 0 Å². The fraction of sp³-hybridized carbons (Fsp3) is 0.300. The number of carbonyl (C=O) groups is 3. The van der Waals surface area contributed by atoms with E-state index in [-0.39, 0.29) is 51.8 Å². The first kappa shape index (κ1) is 22.7. The zero-order chi connectivity index (χ0) is 25.6. The minimum atomic E-state index is -0.807. The number of ketones is 3. The highest BCUT2D eigenvalue weighted by Crippen LogP contribution is 2.51. The summed E-state index contributed by atoms with van der Waals surface area (Å²) < 4.78 is 12.7. The molecule has 6 nitrogen and oxygen atoms in total. The third kappa shape index (κ3) is 3.24. The Hall–Kier alpha value is -3.77. The van der Waals surface area contributed by atoms with Crippen molar-refractivity contribution in [1.29, 1.82) is 0 Å². The van der Waals surface area contributed by atoms with Gasteiger partial charge < -0.3 is 14.6 Å². The Balaban J connectivity index is 1.70. The van der Waals surface area contributed by atoms with Gasteiger partial charge in [-0.1, -0.05) is 36.4 Å². The van der Waals surface area contributed by atoms with Crippen molar-refractivity contribution < 1.29 is 29.0 Å². The number of Topliss-reactive ketones (excluding diaryl/α,β-unsaturated/α-hetero) is 3. The van der Waals surface area contributed by atoms with Crippen LogP contribution in [0.5, 0.6) is 5.75 Å². The van der Waals surface area contributed by atoms with E-state index in [2.05, 4.69) is 0 Å². The number of allylic oxidation sites excluding steroid dienone is 2. The van der Waals surface area contributed by atoms with Crippen LogP contribution in [0.1, 0.15) is 72.1 Å². The van der Waals surface area contributed by atoms with Crippen LogP contribution < -0.4 is 0 Å². The van der Waals surface area contributed by atoms with E-state index in [0.29, 0.717) is 11.1 Å². The van der Waals surface area contributed by atoms with E-state index in [9.17, 15) is 19.5 Å². The number of fused-ring (bicyclic) bond motifs is 5. The number of hydrogen-bond donors (Lipinski definition) is 1. The maximum atomic E-state index is 14.0. The highest BCUT2D eigenvalue weighted by atomic mass is 16.5. The van der Waals surface area contributed by atoms with E-state index in [1.54, 1.807) is 26.0 Å². The van der Waals surface area contributed by atoms with Gasteiger partial charge in [0.25, 0.3) is 0 Å². The molecule has 2 heterocycles. The van der Waals surface area contributed by atoms with Gasteiger partial charge in [0, 0.05) is 33.8 Å². The quantitative estimate of drug-likeness (QED) is 0.406. The standard InChI is InChI=1S/C30H26O6/c1-29(2)12-11-19-22(25(33)16-7-5-6-8-18(16)27(19)35-29)24-23-21(32)14-30(3,4)36-28(23)20-13-15(31)9-10-17(20)26(24)34/h5-13,19,27,31H,14H2,1-4H3/t19-,27+/m0/s1. The van der Waals surface area contributed by atoms with Crippen LogP contribution in [-0.4, -0.2) is 33.7 Å². The third-order valence-corrected chi connectivity index (χ3v) is 7.26. The Kier molecular flexibility index (Phi) is 4.64. The van der Waals surface area contributed by atoms with Crippen molar-refractivity contribution in [3.05, 3.63) is 93.6 Å². The van der Waals surface area contributed by atoms with Gasteiger partial charge in [-0.25, -0.2) is 0 Å². The Morgan fingerprint density at radius 1 is 0.889 bits per heavy atom. The molecule has 2 aliphatic heterocycles. The number of ether oxygens (including phenoxy) is 2. The van der Waals surface area contributed by atoms with Crippen molar-refractivity contribution in [2.75, 3.05) is 0 Å². The van der Waals surface area contributed by atoms with E-state index in [4.69, 9.17) is 9.47 Å². The van der Waals surface area contributed by atoms with Crippen LogP contribution in [-0.2, 0) is 14.3 Å². The van der Waals surface area contributed by atoms with Gasteiger partial charge in [0.15, 0.2) is 17.3 Å². The first-order valence-corrected chi connectivity index (χ1v) is 12.1. The zero-order valence-electron chi connectivity index (χ0n) is 20.5. The van der Waals surface area contributed by atoms with E-state index in [1.807, 2.05) is 38.1 Å². The van der Waals surface area contributed by atoms with Crippen LogP contribution >= 0.6 is 0 Å². The molecular formula is C30H26O6. The molecule has 2 aromatic carbocycles. The molecule has 1 N–H and O–H groups in total. The fourth-order valence-electron chi connectivity index (χ4n) is 5.74. The Morgan fingerprint density at radius 3 is 2.42 bits per heavy atom. The number of phenols is 1. The van der Waals surface area contributed by atoms with Gasteiger partial charge in [0.05, 0.1) is 23.7 Å². The molecule has 0 spiro atoms. The number of phenolic OH excluding ortho intramolecular Hbond substituents is 1. The summed E-state index contributed by atoms with van der Waals surface area (Å²) in [6.45, 7) is 7.50. The summed E-state index contributed by atoms with van der Waals surface area (Å²) in [5, 5.41) is 10.2. The average Bonchev–Trinajstić information content (AvgIpc) is 2.80. The average molecular weight is 483 g/mol. The van der Waals surface area contributed by atoms with Crippen molar-refractivity contribution in [1.82, 2.24) is 0 Å². The van der Waals surface area contributed by atoms with Gasteiger partial charge in [0.2, 0.25) is 0 Å². The molecule has 2 aromatic rings. The van der Waals surface area contributed by atoms with Gasteiger partial charge in [0.1, 0.15) is 17.1 Å². The molecule has 0 unspecified atom stereocenters. The van der Waals surface area contributed by atoms with Gasteiger partial charge >= 0.3 is 0 Å². The van der Waals surface area contributed by atoms with Crippen molar-refractivity contribution >= 4 is 23.1 Å². The molecule has 2 atom stereocenters. The van der Waals surface area contributed by atoms with Crippen LogP contribution in [0.4, 0.5) is 0 Å². The predicted octanol–water partition coefficient (Wildman–Crippen LogP) is 5.28. The van der Waals surface area contributed by atoms with Crippen LogP contribution in [0.15, 0.2) is 71.3 Å². The minimum Gasteiger partial charge on any atom is -0.508 e. The summed E-state index contributed by atoms with van der Waals surface area (Å²) >= 11 is 0. The Morgan fingerprint density at radius 2 is 1.64 bits per heavy atom. The molecule has 4 aliphatic rings. The van der Waals surface area contributed by atoms with Gasteiger partial charge in [-0.05, 0) is 51.5 Å². The molecule has 0 fully saturated rings. The predicted molar refractivity (Wildman–Crippen MR) is 132 cm³/mol. The lowest BCUT2D eigenvalue weighted by molar-refractivity contribution is -0.120. The highest BCUT2D eigenvalue weighted by molar-refractivity contribution is 6.30. The lowest BCUT2D eigenvalue weighted by atomic mass is 9.68. The summed E-state index contributed by atoms with van der Waals surface area (Å²) in [6, 6.07) is 11.6. The van der Waals surface area contributed by atoms with E-state index >= 15 is 0 Å². The van der Waals surface area contributed by atoms with Crippen LogP contribution in [0.25, 0.3) is 5.76 Å². The molecule has 0 bridgehead atoms. The van der Waals surface area contributed by atoms with E-state index in [1.165, 1.54) is 18.2 Å². The summed E-state index contributed by atoms with van der Waals surface area (Å²) in [5.41, 5.74) is 0.928. The van der Waals surface area contributed by atoms with Crippen molar-refractivity contribution in [2.24, 2.45) is 5.92 Å². The zero-order valence-corrected chi connectivity index (χ0v) is 20.5. The molecule has 6 heteroatoms. The topological polar surface area (TPSA) is 89.9 Å². The first-order chi connectivity index (χ1) is 17.0. The highest BCUT2D eigenvalue weighted by Gasteiger charge is 2.49. The molecular weight excluding hydrogens is 456 g/mol. The molecule has 0 amide bonds. The van der Waals surface area contributed by atoms with E-state index < -0.39 is 29.0 Å². The normalized spacial score (nSPS) is 27.6. The van der Waals surface area contributed by atoms with Gasteiger partial charge in [-0.3, -0.25) is 14.4 Å². The smallest absolute Gasteiger partial charge is 0.195 e. The number of rotatable bonds is 0. The summed E-state index contributed by atoms with van der Waals surface area (Å²) in [5.74, 6) is -1.36. The number of carbonyl (C=O) groups excluding carboxylic acids is 3. The third-order valence-electron chi connectivity index (χ3n) is 7.26. The summed E-state index contributed by atoms with van der Waals surface area (Å²) in [7, 11) is 0. The van der Waals surface area contributed by atoms with E-state index in [0.717, 1.165) is 5.56 Å². The molecule has 6 rings (SSSR count). The second-order valence-corrected chi connectivity index (χ2v) is 11.0. The number of benzene rings is 2. The molecule has 0 aromatic heterocycles. The molecule has 36 heavy (non-hydrogen) atoms. The molecule has 0 saturated carbocycles. The van der Waals surface area contributed by atoms with Crippen LogP contribution in [0.2, 0.25) is 0 Å². The monoisotopic (exact) mass is 482 g/mol. The Labute approximate surface area is 208 Å².